The van der Waals surface area contributed by atoms with Gasteiger partial charge in [-0.3, -0.25) is 9.48 Å². The Morgan fingerprint density at radius 3 is 2.91 bits per heavy atom. The smallest absolute Gasteiger partial charge is 0.270 e. The van der Waals surface area contributed by atoms with Crippen LogP contribution < -0.4 is 5.32 Å². The summed E-state index contributed by atoms with van der Waals surface area (Å²) in [5, 5.41) is 7.17. The molecule has 1 heterocycles. The molecule has 23 heavy (non-hydrogen) atoms. The molecule has 1 fully saturated rings. The number of nitrogens with one attached hydrogen (secondary N) is 1. The van der Waals surface area contributed by atoms with Crippen LogP contribution in [0.25, 0.3) is 0 Å². The second kappa shape index (κ2) is 5.58. The van der Waals surface area contributed by atoms with E-state index in [1.165, 1.54) is 24.0 Å². The molecule has 1 saturated carbocycles. The maximum atomic E-state index is 12.3. The van der Waals surface area contributed by atoms with Crippen molar-refractivity contribution >= 4 is 5.91 Å². The SMILES string of the molecule is Cn1nccc1C(=O)NC1CCc2cc(C#CC3CC3)ccc21. The highest BCUT2D eigenvalue weighted by Crippen LogP contribution is 2.32. The number of hydrogen-bond acceptors (Lipinski definition) is 2. The van der Waals surface area contributed by atoms with Gasteiger partial charge < -0.3 is 5.32 Å². The molecule has 1 aromatic carbocycles. The summed E-state index contributed by atoms with van der Waals surface area (Å²) < 4.78 is 1.60. The minimum Gasteiger partial charge on any atom is -0.344 e. The van der Waals surface area contributed by atoms with Gasteiger partial charge in [0.2, 0.25) is 0 Å². The highest BCUT2D eigenvalue weighted by Gasteiger charge is 2.25. The molecule has 116 valence electrons. The average molecular weight is 305 g/mol. The van der Waals surface area contributed by atoms with Gasteiger partial charge in [0.15, 0.2) is 0 Å². The summed E-state index contributed by atoms with van der Waals surface area (Å²) in [6.07, 6.45) is 6.07. The third-order valence-corrected chi connectivity index (χ3v) is 4.58. The summed E-state index contributed by atoms with van der Waals surface area (Å²) in [5.74, 6) is 7.13. The minimum absolute atomic E-state index is 0.0690. The van der Waals surface area contributed by atoms with Crippen molar-refractivity contribution in [3.05, 3.63) is 52.8 Å². The Balaban J connectivity index is 1.50. The zero-order valence-corrected chi connectivity index (χ0v) is 13.2. The molecule has 1 aromatic heterocycles. The molecule has 1 amide bonds. The van der Waals surface area contributed by atoms with Crippen LogP contribution in [0, 0.1) is 17.8 Å². The molecule has 0 aliphatic heterocycles. The van der Waals surface area contributed by atoms with Gasteiger partial charge in [-0.15, -0.1) is 0 Å². The molecule has 2 aromatic rings. The summed E-state index contributed by atoms with van der Waals surface area (Å²) in [4.78, 5) is 12.3. The van der Waals surface area contributed by atoms with Gasteiger partial charge in [-0.05, 0) is 55.0 Å². The number of carbonyl (C=O) groups is 1. The lowest BCUT2D eigenvalue weighted by molar-refractivity contribution is 0.0927. The Hall–Kier alpha value is -2.54. The third kappa shape index (κ3) is 2.87. The standard InChI is InChI=1S/C19H19N3O/c1-22-18(10-11-20-22)19(23)21-17-9-7-15-12-14(6-8-16(15)17)5-4-13-2-3-13/h6,8,10-13,17H,2-3,7,9H2,1H3,(H,21,23). The molecule has 0 spiro atoms. The van der Waals surface area contributed by atoms with Crippen LogP contribution in [0.2, 0.25) is 0 Å². The minimum atomic E-state index is -0.0690. The van der Waals surface area contributed by atoms with Gasteiger partial charge in [-0.2, -0.15) is 5.10 Å². The van der Waals surface area contributed by atoms with Crippen molar-refractivity contribution in [3.8, 4) is 11.8 Å². The molecule has 2 aliphatic rings. The van der Waals surface area contributed by atoms with Crippen molar-refractivity contribution in [3.63, 3.8) is 0 Å². The monoisotopic (exact) mass is 305 g/mol. The van der Waals surface area contributed by atoms with E-state index < -0.39 is 0 Å². The molecule has 2 aliphatic carbocycles. The normalized spacial score (nSPS) is 18.9. The Bertz CT molecular complexity index is 821. The van der Waals surface area contributed by atoms with Crippen molar-refractivity contribution in [2.45, 2.75) is 31.7 Å². The lowest BCUT2D eigenvalue weighted by Gasteiger charge is -2.14. The molecular formula is C19H19N3O. The van der Waals surface area contributed by atoms with Crippen molar-refractivity contribution in [1.29, 1.82) is 0 Å². The topological polar surface area (TPSA) is 46.9 Å². The number of amides is 1. The van der Waals surface area contributed by atoms with Crippen LogP contribution in [0.15, 0.2) is 30.5 Å². The Morgan fingerprint density at radius 2 is 2.17 bits per heavy atom. The van der Waals surface area contributed by atoms with Crippen LogP contribution in [0.4, 0.5) is 0 Å². The molecular weight excluding hydrogens is 286 g/mol. The van der Waals surface area contributed by atoms with E-state index in [9.17, 15) is 4.79 Å². The van der Waals surface area contributed by atoms with Gasteiger partial charge in [-0.1, -0.05) is 17.9 Å². The fourth-order valence-electron chi connectivity index (χ4n) is 3.09. The van der Waals surface area contributed by atoms with E-state index in [0.29, 0.717) is 11.6 Å². The van der Waals surface area contributed by atoms with Gasteiger partial charge in [0.25, 0.3) is 5.91 Å². The number of carbonyl (C=O) groups excluding carboxylic acids is 1. The van der Waals surface area contributed by atoms with Gasteiger partial charge in [0.1, 0.15) is 5.69 Å². The van der Waals surface area contributed by atoms with Crippen LogP contribution in [-0.4, -0.2) is 15.7 Å². The van der Waals surface area contributed by atoms with Crippen LogP contribution in [0.1, 0.15) is 52.5 Å². The fraction of sp³-hybridized carbons (Fsp3) is 0.368. The van der Waals surface area contributed by atoms with Gasteiger partial charge in [0, 0.05) is 24.7 Å². The third-order valence-electron chi connectivity index (χ3n) is 4.58. The molecule has 4 rings (SSSR count). The lowest BCUT2D eigenvalue weighted by atomic mass is 10.0. The predicted molar refractivity (Wildman–Crippen MR) is 87.8 cm³/mol. The molecule has 4 heteroatoms. The maximum Gasteiger partial charge on any atom is 0.270 e. The lowest BCUT2D eigenvalue weighted by Crippen LogP contribution is -2.28. The molecule has 1 unspecified atom stereocenters. The number of aryl methyl sites for hydroxylation is 2. The Morgan fingerprint density at radius 1 is 1.30 bits per heavy atom. The number of benzene rings is 1. The van der Waals surface area contributed by atoms with E-state index in [-0.39, 0.29) is 11.9 Å². The zero-order valence-electron chi connectivity index (χ0n) is 13.2. The molecule has 1 N–H and O–H groups in total. The van der Waals surface area contributed by atoms with E-state index in [2.05, 4.69) is 40.5 Å². The maximum absolute atomic E-state index is 12.3. The van der Waals surface area contributed by atoms with Crippen molar-refractivity contribution < 1.29 is 4.79 Å². The van der Waals surface area contributed by atoms with Crippen LogP contribution in [0.5, 0.6) is 0 Å². The number of rotatable bonds is 2. The fourth-order valence-corrected chi connectivity index (χ4v) is 3.09. The Kier molecular flexibility index (Phi) is 3.42. The quantitative estimate of drug-likeness (QED) is 0.867. The van der Waals surface area contributed by atoms with Crippen molar-refractivity contribution in [1.82, 2.24) is 15.1 Å². The van der Waals surface area contributed by atoms with Gasteiger partial charge in [0.05, 0.1) is 6.04 Å². The predicted octanol–water partition coefficient (Wildman–Crippen LogP) is 2.60. The van der Waals surface area contributed by atoms with E-state index >= 15 is 0 Å². The van der Waals surface area contributed by atoms with E-state index in [4.69, 9.17) is 0 Å². The van der Waals surface area contributed by atoms with E-state index in [1.54, 1.807) is 24.0 Å². The average Bonchev–Trinajstić information content (AvgIpc) is 3.16. The highest BCUT2D eigenvalue weighted by atomic mass is 16.2. The van der Waals surface area contributed by atoms with E-state index in [1.807, 2.05) is 0 Å². The van der Waals surface area contributed by atoms with Crippen LogP contribution in [-0.2, 0) is 13.5 Å². The van der Waals surface area contributed by atoms with Crippen LogP contribution >= 0.6 is 0 Å². The first-order valence-electron chi connectivity index (χ1n) is 8.14. The first-order valence-corrected chi connectivity index (χ1v) is 8.14. The first kappa shape index (κ1) is 14.1. The number of nitrogens with zero attached hydrogens (tertiary/aromatic N) is 2. The largest absolute Gasteiger partial charge is 0.344 e. The molecule has 0 bridgehead atoms. The zero-order chi connectivity index (χ0) is 15.8. The summed E-state index contributed by atoms with van der Waals surface area (Å²) in [6.45, 7) is 0. The number of aromatic nitrogens is 2. The van der Waals surface area contributed by atoms with Gasteiger partial charge in [-0.25, -0.2) is 0 Å². The number of hydrogen-bond donors (Lipinski definition) is 1. The van der Waals surface area contributed by atoms with Crippen LogP contribution in [0.3, 0.4) is 0 Å². The molecule has 1 atom stereocenters. The number of fused-ring (bicyclic) bond motifs is 1. The first-order chi connectivity index (χ1) is 11.2. The molecule has 0 radical (unpaired) electrons. The summed E-state index contributed by atoms with van der Waals surface area (Å²) in [7, 11) is 1.78. The van der Waals surface area contributed by atoms with E-state index in [0.717, 1.165) is 18.4 Å². The van der Waals surface area contributed by atoms with Gasteiger partial charge >= 0.3 is 0 Å². The molecule has 0 saturated heterocycles. The van der Waals surface area contributed by atoms with Crippen molar-refractivity contribution in [2.24, 2.45) is 13.0 Å². The summed E-state index contributed by atoms with van der Waals surface area (Å²) in [5.41, 5.74) is 4.21. The second-order valence-corrected chi connectivity index (χ2v) is 6.36. The summed E-state index contributed by atoms with van der Waals surface area (Å²) in [6, 6.07) is 8.19. The molecule has 4 nitrogen and oxygen atoms in total. The second-order valence-electron chi connectivity index (χ2n) is 6.36. The Labute approximate surface area is 135 Å². The summed E-state index contributed by atoms with van der Waals surface area (Å²) >= 11 is 0. The van der Waals surface area contributed by atoms with Crippen molar-refractivity contribution in [2.75, 3.05) is 0 Å². The highest BCUT2D eigenvalue weighted by molar-refractivity contribution is 5.92.